The largest absolute Gasteiger partial charge is 0.339 e. The van der Waals surface area contributed by atoms with Gasteiger partial charge in [0.1, 0.15) is 5.69 Å². The summed E-state index contributed by atoms with van der Waals surface area (Å²) in [5.41, 5.74) is 3.32. The number of carbonyl (C=O) groups excluding carboxylic acids is 1. The molecule has 0 aliphatic rings. The number of hydrogen-bond donors (Lipinski definition) is 1. The second-order valence-electron chi connectivity index (χ2n) is 6.37. The summed E-state index contributed by atoms with van der Waals surface area (Å²) in [6.45, 7) is 3.56. The van der Waals surface area contributed by atoms with Crippen molar-refractivity contribution in [3.05, 3.63) is 83.4 Å². The maximum atomic E-state index is 12.7. The zero-order valence-electron chi connectivity index (χ0n) is 15.9. The standard InChI is InChI=1S/C21H20N6OS/c1-2-26-13-17(23-15-26)5-6-18-14-29-21(24-18)25-20(28)19-4-3-11-27(19)12-16-7-9-22-10-8-16/h3-11,13-15H,2,12H2,1H3,(H,24,25,28). The van der Waals surface area contributed by atoms with Crippen molar-refractivity contribution in [2.24, 2.45) is 0 Å². The first-order chi connectivity index (χ1) is 14.2. The van der Waals surface area contributed by atoms with Crippen molar-refractivity contribution in [3.63, 3.8) is 0 Å². The van der Waals surface area contributed by atoms with Gasteiger partial charge in [-0.2, -0.15) is 0 Å². The summed E-state index contributed by atoms with van der Waals surface area (Å²) >= 11 is 1.39. The fourth-order valence-corrected chi connectivity index (χ4v) is 3.50. The average Bonchev–Trinajstić information content (AvgIpc) is 3.48. The van der Waals surface area contributed by atoms with Crippen LogP contribution in [0.2, 0.25) is 0 Å². The van der Waals surface area contributed by atoms with Gasteiger partial charge >= 0.3 is 0 Å². The van der Waals surface area contributed by atoms with Gasteiger partial charge in [-0.15, -0.1) is 11.3 Å². The van der Waals surface area contributed by atoms with Crippen molar-refractivity contribution in [2.75, 3.05) is 5.32 Å². The molecule has 29 heavy (non-hydrogen) atoms. The lowest BCUT2D eigenvalue weighted by Crippen LogP contribution is -2.17. The number of amides is 1. The van der Waals surface area contributed by atoms with E-state index in [9.17, 15) is 4.79 Å². The highest BCUT2D eigenvalue weighted by Gasteiger charge is 2.13. The van der Waals surface area contributed by atoms with E-state index in [0.717, 1.165) is 23.5 Å². The molecule has 0 atom stereocenters. The van der Waals surface area contributed by atoms with Crippen LogP contribution in [0.4, 0.5) is 5.13 Å². The van der Waals surface area contributed by atoms with Crippen molar-refractivity contribution in [2.45, 2.75) is 20.0 Å². The summed E-state index contributed by atoms with van der Waals surface area (Å²) in [7, 11) is 0. The minimum atomic E-state index is -0.185. The van der Waals surface area contributed by atoms with Gasteiger partial charge in [-0.05, 0) is 48.9 Å². The average molecular weight is 404 g/mol. The Kier molecular flexibility index (Phi) is 5.62. The van der Waals surface area contributed by atoms with Crippen LogP contribution in [0.15, 0.2) is 60.8 Å². The Morgan fingerprint density at radius 1 is 1.21 bits per heavy atom. The Hall–Kier alpha value is -3.52. The maximum absolute atomic E-state index is 12.7. The molecule has 0 unspecified atom stereocenters. The van der Waals surface area contributed by atoms with Gasteiger partial charge in [0.2, 0.25) is 0 Å². The fourth-order valence-electron chi connectivity index (χ4n) is 2.83. The van der Waals surface area contributed by atoms with E-state index in [-0.39, 0.29) is 5.91 Å². The van der Waals surface area contributed by atoms with Crippen LogP contribution in [0.3, 0.4) is 0 Å². The van der Waals surface area contributed by atoms with Crippen molar-refractivity contribution in [1.82, 2.24) is 24.1 Å². The molecule has 0 saturated heterocycles. The SMILES string of the molecule is CCn1cnc(C=Cc2csc(NC(=O)c3cccn3Cc3ccncc3)n2)c1. The maximum Gasteiger partial charge on any atom is 0.274 e. The highest BCUT2D eigenvalue weighted by atomic mass is 32.1. The molecule has 0 spiro atoms. The number of aryl methyl sites for hydroxylation is 1. The Bertz CT molecular complexity index is 1120. The van der Waals surface area contributed by atoms with E-state index in [1.807, 2.05) is 57.3 Å². The molecule has 146 valence electrons. The molecule has 0 bridgehead atoms. The molecular formula is C21H20N6OS. The van der Waals surface area contributed by atoms with Crippen LogP contribution in [0, 0.1) is 0 Å². The normalized spacial score (nSPS) is 11.2. The molecule has 0 aliphatic carbocycles. The van der Waals surface area contributed by atoms with Gasteiger partial charge in [0, 0.05) is 43.3 Å². The van der Waals surface area contributed by atoms with E-state index < -0.39 is 0 Å². The van der Waals surface area contributed by atoms with E-state index in [2.05, 4.69) is 27.2 Å². The zero-order valence-corrected chi connectivity index (χ0v) is 16.7. The molecule has 8 heteroatoms. The summed E-state index contributed by atoms with van der Waals surface area (Å²) in [6.07, 6.45) is 13.0. The lowest BCUT2D eigenvalue weighted by molar-refractivity contribution is 0.101. The van der Waals surface area contributed by atoms with Crippen LogP contribution in [0.1, 0.15) is 34.4 Å². The van der Waals surface area contributed by atoms with Crippen LogP contribution in [0.25, 0.3) is 12.2 Å². The van der Waals surface area contributed by atoms with Crippen LogP contribution >= 0.6 is 11.3 Å². The number of nitrogens with one attached hydrogen (secondary N) is 1. The summed E-state index contributed by atoms with van der Waals surface area (Å²) in [5, 5.41) is 5.35. The fraction of sp³-hybridized carbons (Fsp3) is 0.143. The van der Waals surface area contributed by atoms with Gasteiger partial charge in [-0.3, -0.25) is 15.1 Å². The molecule has 0 radical (unpaired) electrons. The van der Waals surface area contributed by atoms with Gasteiger partial charge in [-0.1, -0.05) is 0 Å². The number of hydrogen-bond acceptors (Lipinski definition) is 5. The zero-order chi connectivity index (χ0) is 20.1. The number of nitrogens with zero attached hydrogens (tertiary/aromatic N) is 5. The minimum Gasteiger partial charge on any atom is -0.339 e. The Morgan fingerprint density at radius 2 is 2.03 bits per heavy atom. The third-order valence-electron chi connectivity index (χ3n) is 4.35. The predicted octanol–water partition coefficient (Wildman–Crippen LogP) is 4.03. The molecule has 7 nitrogen and oxygen atoms in total. The summed E-state index contributed by atoms with van der Waals surface area (Å²) in [6, 6.07) is 7.53. The second kappa shape index (κ2) is 8.66. The van der Waals surface area contributed by atoms with E-state index in [1.54, 1.807) is 24.8 Å². The smallest absolute Gasteiger partial charge is 0.274 e. The van der Waals surface area contributed by atoms with E-state index in [0.29, 0.717) is 17.4 Å². The van der Waals surface area contributed by atoms with Crippen LogP contribution in [0.5, 0.6) is 0 Å². The topological polar surface area (TPSA) is 77.6 Å². The lowest BCUT2D eigenvalue weighted by Gasteiger charge is -2.08. The highest BCUT2D eigenvalue weighted by molar-refractivity contribution is 7.14. The van der Waals surface area contributed by atoms with Crippen LogP contribution in [-0.4, -0.2) is 30.0 Å². The Morgan fingerprint density at radius 3 is 2.83 bits per heavy atom. The number of carbonyl (C=O) groups is 1. The van der Waals surface area contributed by atoms with E-state index in [4.69, 9.17) is 0 Å². The van der Waals surface area contributed by atoms with Crippen molar-refractivity contribution < 1.29 is 4.79 Å². The van der Waals surface area contributed by atoms with Gasteiger partial charge in [-0.25, -0.2) is 9.97 Å². The predicted molar refractivity (Wildman–Crippen MR) is 115 cm³/mol. The number of imidazole rings is 1. The Labute approximate surface area is 172 Å². The van der Waals surface area contributed by atoms with Crippen LogP contribution in [-0.2, 0) is 13.1 Å². The first-order valence-corrected chi connectivity index (χ1v) is 10.1. The van der Waals surface area contributed by atoms with Gasteiger partial charge in [0.15, 0.2) is 5.13 Å². The summed E-state index contributed by atoms with van der Waals surface area (Å²) in [4.78, 5) is 25.5. The molecule has 0 saturated carbocycles. The minimum absolute atomic E-state index is 0.185. The first kappa shape index (κ1) is 18.8. The quantitative estimate of drug-likeness (QED) is 0.505. The number of pyridine rings is 1. The molecule has 1 amide bonds. The first-order valence-electron chi connectivity index (χ1n) is 9.22. The third kappa shape index (κ3) is 4.67. The number of anilines is 1. The number of aromatic nitrogens is 5. The molecule has 4 rings (SSSR count). The number of thiazole rings is 1. The number of rotatable bonds is 7. The summed E-state index contributed by atoms with van der Waals surface area (Å²) < 4.78 is 3.91. The van der Waals surface area contributed by atoms with E-state index >= 15 is 0 Å². The van der Waals surface area contributed by atoms with E-state index in [1.165, 1.54) is 11.3 Å². The molecule has 0 aliphatic heterocycles. The van der Waals surface area contributed by atoms with Gasteiger partial charge in [0.25, 0.3) is 5.91 Å². The van der Waals surface area contributed by atoms with Crippen molar-refractivity contribution in [1.29, 1.82) is 0 Å². The molecule has 4 heterocycles. The second-order valence-corrected chi connectivity index (χ2v) is 7.23. The molecule has 1 N–H and O–H groups in total. The molecule has 0 fully saturated rings. The molecule has 0 aromatic carbocycles. The van der Waals surface area contributed by atoms with Crippen LogP contribution < -0.4 is 5.32 Å². The lowest BCUT2D eigenvalue weighted by atomic mass is 10.2. The molecule has 4 aromatic heterocycles. The van der Waals surface area contributed by atoms with Gasteiger partial charge < -0.3 is 9.13 Å². The highest BCUT2D eigenvalue weighted by Crippen LogP contribution is 2.19. The monoisotopic (exact) mass is 404 g/mol. The summed E-state index contributed by atoms with van der Waals surface area (Å²) in [5.74, 6) is -0.185. The van der Waals surface area contributed by atoms with Crippen molar-refractivity contribution in [3.8, 4) is 0 Å². The van der Waals surface area contributed by atoms with Crippen molar-refractivity contribution >= 4 is 34.5 Å². The Balaban J connectivity index is 1.41. The molecule has 4 aromatic rings. The third-order valence-corrected chi connectivity index (χ3v) is 5.13. The van der Waals surface area contributed by atoms with Gasteiger partial charge in [0.05, 0.1) is 17.7 Å². The molecular weight excluding hydrogens is 384 g/mol.